The molecular weight excluding hydrogens is 474 g/mol. The Morgan fingerprint density at radius 1 is 1.03 bits per heavy atom. The zero-order chi connectivity index (χ0) is 25.9. The average Bonchev–Trinajstić information content (AvgIpc) is 3.21. The van der Waals surface area contributed by atoms with Gasteiger partial charge in [0.25, 0.3) is 0 Å². The number of nitrogens with one attached hydrogen (secondary N) is 1. The molecule has 9 heteroatoms. The van der Waals surface area contributed by atoms with Crippen molar-refractivity contribution < 1.29 is 13.2 Å². The lowest BCUT2D eigenvalue weighted by Crippen LogP contribution is -2.25. The lowest BCUT2D eigenvalue weighted by Gasteiger charge is -2.19. The Bertz CT molecular complexity index is 1460. The van der Waals surface area contributed by atoms with E-state index in [4.69, 9.17) is 15.5 Å². The molecule has 0 amide bonds. The fourth-order valence-corrected chi connectivity index (χ4v) is 5.42. The molecule has 0 fully saturated rings. The first kappa shape index (κ1) is 26.1. The number of nitrogens with two attached hydrogens (primary N) is 1. The minimum absolute atomic E-state index is 0.0264. The first-order chi connectivity index (χ1) is 17.1. The minimum atomic E-state index is -3.56. The number of hydrogen-bond donors (Lipinski definition) is 2. The molecule has 0 aliphatic rings. The Balaban J connectivity index is 1.47. The van der Waals surface area contributed by atoms with Crippen LogP contribution in [0.3, 0.4) is 0 Å². The van der Waals surface area contributed by atoms with E-state index < -0.39 is 10.0 Å². The van der Waals surface area contributed by atoms with Crippen LogP contribution in [-0.2, 0) is 33.1 Å². The van der Waals surface area contributed by atoms with E-state index in [0.29, 0.717) is 43.9 Å². The molecule has 0 saturated carbocycles. The second-order valence-electron chi connectivity index (χ2n) is 10.0. The molecule has 2 aromatic heterocycles. The van der Waals surface area contributed by atoms with Crippen LogP contribution in [0.1, 0.15) is 45.0 Å². The first-order valence-corrected chi connectivity index (χ1v) is 13.7. The topological polar surface area (TPSA) is 112 Å². The first-order valence-electron chi connectivity index (χ1n) is 12.2. The van der Waals surface area contributed by atoms with Crippen molar-refractivity contribution in [1.82, 2.24) is 19.3 Å². The van der Waals surface area contributed by atoms with Gasteiger partial charge in [0.1, 0.15) is 11.3 Å². The van der Waals surface area contributed by atoms with Crippen molar-refractivity contribution in [3.05, 3.63) is 59.9 Å². The van der Waals surface area contributed by atoms with Gasteiger partial charge < -0.3 is 15.0 Å². The van der Waals surface area contributed by atoms with E-state index in [2.05, 4.69) is 35.0 Å². The van der Waals surface area contributed by atoms with E-state index in [1.165, 1.54) is 0 Å². The highest BCUT2D eigenvalue weighted by Crippen LogP contribution is 2.29. The van der Waals surface area contributed by atoms with Gasteiger partial charge in [-0.2, -0.15) is 0 Å². The molecule has 2 heterocycles. The number of para-hydroxylation sites is 1. The smallest absolute Gasteiger partial charge is 0.240 e. The highest BCUT2D eigenvalue weighted by molar-refractivity contribution is 7.89. The standard InChI is InChI=1S/C27H35N5O3S/c1-27(2,3)19-11-13-20(14-12-19)36(33,34)29-16-7-8-17-32-23(15-18-35-4)31-24-25(32)21-9-5-6-10-22(21)30-26(24)28/h5-6,9-14,29H,7-8,15-18H2,1-4H3,(H2,28,30). The molecule has 0 radical (unpaired) electrons. The molecule has 0 saturated heterocycles. The molecular formula is C27H35N5O3S. The number of hydrogen-bond acceptors (Lipinski definition) is 6. The molecule has 0 atom stereocenters. The van der Waals surface area contributed by atoms with Gasteiger partial charge in [-0.05, 0) is 42.0 Å². The van der Waals surface area contributed by atoms with E-state index in [1.807, 2.05) is 36.4 Å². The number of anilines is 1. The maximum absolute atomic E-state index is 12.8. The summed E-state index contributed by atoms with van der Waals surface area (Å²) in [7, 11) is -1.89. The van der Waals surface area contributed by atoms with E-state index in [1.54, 1.807) is 19.2 Å². The Hall–Kier alpha value is -3.01. The Kier molecular flexibility index (Phi) is 7.63. The molecule has 2 aromatic carbocycles. The van der Waals surface area contributed by atoms with E-state index in [0.717, 1.165) is 34.2 Å². The number of benzene rings is 2. The second-order valence-corrected chi connectivity index (χ2v) is 11.8. The third-order valence-corrected chi connectivity index (χ3v) is 7.83. The Labute approximate surface area is 212 Å². The number of imidazole rings is 1. The van der Waals surface area contributed by atoms with Gasteiger partial charge in [-0.25, -0.2) is 23.1 Å². The number of nitrogen functional groups attached to an aromatic ring is 1. The van der Waals surface area contributed by atoms with Crippen molar-refractivity contribution in [3.63, 3.8) is 0 Å². The van der Waals surface area contributed by atoms with Gasteiger partial charge in [0.15, 0.2) is 5.82 Å². The predicted octanol–water partition coefficient (Wildman–Crippen LogP) is 4.41. The van der Waals surface area contributed by atoms with Crippen LogP contribution in [0.4, 0.5) is 5.82 Å². The van der Waals surface area contributed by atoms with Crippen LogP contribution in [0.2, 0.25) is 0 Å². The van der Waals surface area contributed by atoms with Crippen LogP contribution in [0, 0.1) is 0 Å². The number of fused-ring (bicyclic) bond motifs is 3. The molecule has 8 nitrogen and oxygen atoms in total. The summed E-state index contributed by atoms with van der Waals surface area (Å²) in [6.07, 6.45) is 2.10. The molecule has 0 bridgehead atoms. The maximum atomic E-state index is 12.8. The number of nitrogens with zero attached hydrogens (tertiary/aromatic N) is 3. The number of rotatable bonds is 10. The van der Waals surface area contributed by atoms with Crippen molar-refractivity contribution >= 4 is 37.8 Å². The van der Waals surface area contributed by atoms with Gasteiger partial charge in [-0.15, -0.1) is 0 Å². The van der Waals surface area contributed by atoms with Gasteiger partial charge in [0, 0.05) is 32.0 Å². The highest BCUT2D eigenvalue weighted by atomic mass is 32.2. The molecule has 0 unspecified atom stereocenters. The Morgan fingerprint density at radius 2 is 1.75 bits per heavy atom. The quantitative estimate of drug-likeness (QED) is 0.306. The van der Waals surface area contributed by atoms with Crippen molar-refractivity contribution in [2.75, 3.05) is 26.0 Å². The molecule has 4 aromatic rings. The van der Waals surface area contributed by atoms with Gasteiger partial charge in [-0.3, -0.25) is 0 Å². The molecule has 0 aliphatic carbocycles. The number of aryl methyl sites for hydroxylation is 1. The molecule has 3 N–H and O–H groups in total. The fourth-order valence-electron chi connectivity index (χ4n) is 4.35. The second kappa shape index (κ2) is 10.5. The molecule has 36 heavy (non-hydrogen) atoms. The van der Waals surface area contributed by atoms with Crippen LogP contribution in [0.25, 0.3) is 21.9 Å². The number of ether oxygens (including phenoxy) is 1. The maximum Gasteiger partial charge on any atom is 0.240 e. The fraction of sp³-hybridized carbons (Fsp3) is 0.407. The van der Waals surface area contributed by atoms with E-state index in [9.17, 15) is 8.42 Å². The lowest BCUT2D eigenvalue weighted by molar-refractivity contribution is 0.199. The van der Waals surface area contributed by atoms with Crippen molar-refractivity contribution in [1.29, 1.82) is 0 Å². The van der Waals surface area contributed by atoms with Crippen LogP contribution in [-0.4, -0.2) is 43.2 Å². The monoisotopic (exact) mass is 509 g/mol. The van der Waals surface area contributed by atoms with Gasteiger partial charge >= 0.3 is 0 Å². The van der Waals surface area contributed by atoms with Crippen LogP contribution >= 0.6 is 0 Å². The molecule has 0 aliphatic heterocycles. The third-order valence-electron chi connectivity index (χ3n) is 6.35. The zero-order valence-corrected chi connectivity index (χ0v) is 22.2. The van der Waals surface area contributed by atoms with Crippen LogP contribution in [0.5, 0.6) is 0 Å². The van der Waals surface area contributed by atoms with Gasteiger partial charge in [-0.1, -0.05) is 51.1 Å². The third kappa shape index (κ3) is 5.53. The van der Waals surface area contributed by atoms with Crippen LogP contribution in [0.15, 0.2) is 53.4 Å². The molecule has 4 rings (SSSR count). The number of sulfonamides is 1. The van der Waals surface area contributed by atoms with Gasteiger partial charge in [0.05, 0.1) is 22.5 Å². The summed E-state index contributed by atoms with van der Waals surface area (Å²) < 4.78 is 35.7. The SMILES string of the molecule is COCCc1nc2c(N)nc3ccccc3c2n1CCCCNS(=O)(=O)c1ccc(C(C)(C)C)cc1. The Morgan fingerprint density at radius 3 is 2.44 bits per heavy atom. The van der Waals surface area contributed by atoms with Crippen molar-refractivity contribution in [2.24, 2.45) is 0 Å². The summed E-state index contributed by atoms with van der Waals surface area (Å²) in [6, 6.07) is 15.0. The highest BCUT2D eigenvalue weighted by Gasteiger charge is 2.19. The van der Waals surface area contributed by atoms with E-state index in [-0.39, 0.29) is 10.3 Å². The van der Waals surface area contributed by atoms with Gasteiger partial charge in [0.2, 0.25) is 10.0 Å². The normalized spacial score (nSPS) is 12.6. The molecule has 0 spiro atoms. The minimum Gasteiger partial charge on any atom is -0.384 e. The predicted molar refractivity (Wildman–Crippen MR) is 145 cm³/mol. The number of methoxy groups -OCH3 is 1. The summed E-state index contributed by atoms with van der Waals surface area (Å²) in [5.41, 5.74) is 9.80. The van der Waals surface area contributed by atoms with E-state index >= 15 is 0 Å². The zero-order valence-electron chi connectivity index (χ0n) is 21.4. The summed E-state index contributed by atoms with van der Waals surface area (Å²) >= 11 is 0. The summed E-state index contributed by atoms with van der Waals surface area (Å²) in [5, 5.41) is 0.997. The van der Waals surface area contributed by atoms with Crippen LogP contribution < -0.4 is 10.5 Å². The summed E-state index contributed by atoms with van der Waals surface area (Å²) in [6.45, 7) is 7.90. The number of unbranched alkanes of at least 4 members (excludes halogenated alkanes) is 1. The number of aromatic nitrogens is 3. The summed E-state index contributed by atoms with van der Waals surface area (Å²) in [4.78, 5) is 9.59. The molecule has 192 valence electrons. The largest absolute Gasteiger partial charge is 0.384 e. The van der Waals surface area contributed by atoms with Crippen molar-refractivity contribution in [3.8, 4) is 0 Å². The number of pyridine rings is 1. The average molecular weight is 510 g/mol. The van der Waals surface area contributed by atoms with Crippen molar-refractivity contribution in [2.45, 2.75) is 56.9 Å². The summed E-state index contributed by atoms with van der Waals surface area (Å²) in [5.74, 6) is 1.29. The lowest BCUT2D eigenvalue weighted by atomic mass is 9.87.